The van der Waals surface area contributed by atoms with Gasteiger partial charge in [-0.2, -0.15) is 0 Å². The SMILES string of the molecule is Cc1cccc(Sc2cccc(CNC(=O)c3cccnc3N)c2)c1. The van der Waals surface area contributed by atoms with E-state index < -0.39 is 0 Å². The minimum Gasteiger partial charge on any atom is -0.383 e. The average molecular weight is 349 g/mol. The van der Waals surface area contributed by atoms with Crippen molar-refractivity contribution in [3.05, 3.63) is 83.6 Å². The third-order valence-corrected chi connectivity index (χ3v) is 4.64. The highest BCUT2D eigenvalue weighted by Gasteiger charge is 2.09. The zero-order valence-electron chi connectivity index (χ0n) is 13.9. The second kappa shape index (κ2) is 7.85. The van der Waals surface area contributed by atoms with Gasteiger partial charge in [-0.15, -0.1) is 0 Å². The first kappa shape index (κ1) is 17.0. The lowest BCUT2D eigenvalue weighted by Gasteiger charge is -2.08. The van der Waals surface area contributed by atoms with E-state index in [-0.39, 0.29) is 11.7 Å². The Hall–Kier alpha value is -2.79. The second-order valence-electron chi connectivity index (χ2n) is 5.68. The topological polar surface area (TPSA) is 68.0 Å². The second-order valence-corrected chi connectivity index (χ2v) is 6.83. The molecule has 4 nitrogen and oxygen atoms in total. The summed E-state index contributed by atoms with van der Waals surface area (Å²) in [4.78, 5) is 18.5. The molecule has 2 aromatic carbocycles. The lowest BCUT2D eigenvalue weighted by molar-refractivity contribution is 0.0951. The van der Waals surface area contributed by atoms with Gasteiger partial charge in [0.15, 0.2) is 0 Å². The monoisotopic (exact) mass is 349 g/mol. The van der Waals surface area contributed by atoms with Crippen LogP contribution < -0.4 is 11.1 Å². The summed E-state index contributed by atoms with van der Waals surface area (Å²) in [6, 6.07) is 19.9. The lowest BCUT2D eigenvalue weighted by Crippen LogP contribution is -2.24. The fourth-order valence-corrected chi connectivity index (χ4v) is 3.44. The number of nitrogens with one attached hydrogen (secondary N) is 1. The Labute approximate surface area is 151 Å². The number of amides is 1. The summed E-state index contributed by atoms with van der Waals surface area (Å²) in [6.07, 6.45) is 1.57. The van der Waals surface area contributed by atoms with Gasteiger partial charge in [0.1, 0.15) is 5.82 Å². The van der Waals surface area contributed by atoms with Crippen molar-refractivity contribution in [2.24, 2.45) is 0 Å². The normalized spacial score (nSPS) is 10.4. The van der Waals surface area contributed by atoms with Crippen LogP contribution in [0, 0.1) is 6.92 Å². The van der Waals surface area contributed by atoms with E-state index in [1.54, 1.807) is 30.1 Å². The molecule has 0 radical (unpaired) electrons. The summed E-state index contributed by atoms with van der Waals surface area (Å²) in [5.41, 5.74) is 8.41. The van der Waals surface area contributed by atoms with E-state index in [4.69, 9.17) is 5.73 Å². The number of aromatic nitrogens is 1. The number of hydrogen-bond donors (Lipinski definition) is 2. The van der Waals surface area contributed by atoms with E-state index >= 15 is 0 Å². The number of pyridine rings is 1. The number of anilines is 1. The molecule has 0 bridgehead atoms. The standard InChI is InChI=1S/C20H19N3OS/c1-14-5-2-7-16(11-14)25-17-8-3-6-15(12-17)13-23-20(24)18-9-4-10-22-19(18)21/h2-12H,13H2,1H3,(H2,21,22)(H,23,24). The maximum absolute atomic E-state index is 12.2. The van der Waals surface area contributed by atoms with Crippen LogP contribution in [0.4, 0.5) is 5.82 Å². The minimum absolute atomic E-state index is 0.220. The van der Waals surface area contributed by atoms with Gasteiger partial charge in [-0.3, -0.25) is 4.79 Å². The summed E-state index contributed by atoms with van der Waals surface area (Å²) >= 11 is 1.71. The molecule has 1 aromatic heterocycles. The van der Waals surface area contributed by atoms with Crippen molar-refractivity contribution < 1.29 is 4.79 Å². The van der Waals surface area contributed by atoms with Gasteiger partial charge in [-0.25, -0.2) is 4.98 Å². The van der Waals surface area contributed by atoms with Gasteiger partial charge in [0.25, 0.3) is 5.91 Å². The van der Waals surface area contributed by atoms with Gasteiger partial charge >= 0.3 is 0 Å². The molecule has 25 heavy (non-hydrogen) atoms. The Bertz CT molecular complexity index is 895. The molecule has 0 aliphatic rings. The maximum atomic E-state index is 12.2. The summed E-state index contributed by atoms with van der Waals surface area (Å²) < 4.78 is 0. The van der Waals surface area contributed by atoms with Crippen molar-refractivity contribution in [1.29, 1.82) is 0 Å². The molecule has 1 amide bonds. The lowest BCUT2D eigenvalue weighted by atomic mass is 10.2. The number of nitrogen functional groups attached to an aromatic ring is 1. The van der Waals surface area contributed by atoms with Gasteiger partial charge in [0.2, 0.25) is 0 Å². The van der Waals surface area contributed by atoms with Crippen molar-refractivity contribution in [2.75, 3.05) is 5.73 Å². The molecule has 0 spiro atoms. The number of benzene rings is 2. The molecule has 0 aliphatic heterocycles. The molecular weight excluding hydrogens is 330 g/mol. The van der Waals surface area contributed by atoms with Crippen LogP contribution in [0.25, 0.3) is 0 Å². The van der Waals surface area contributed by atoms with Crippen molar-refractivity contribution in [3.8, 4) is 0 Å². The van der Waals surface area contributed by atoms with Crippen molar-refractivity contribution >= 4 is 23.5 Å². The number of carbonyl (C=O) groups is 1. The number of hydrogen-bond acceptors (Lipinski definition) is 4. The summed E-state index contributed by atoms with van der Waals surface area (Å²) in [7, 11) is 0. The van der Waals surface area contributed by atoms with Crippen molar-refractivity contribution in [1.82, 2.24) is 10.3 Å². The van der Waals surface area contributed by atoms with Gasteiger partial charge in [-0.1, -0.05) is 41.6 Å². The third kappa shape index (κ3) is 4.61. The maximum Gasteiger partial charge on any atom is 0.255 e. The molecule has 0 saturated heterocycles. The van der Waals surface area contributed by atoms with Crippen LogP contribution in [0.15, 0.2) is 76.7 Å². The van der Waals surface area contributed by atoms with Gasteiger partial charge in [0, 0.05) is 22.5 Å². The minimum atomic E-state index is -0.220. The van der Waals surface area contributed by atoms with E-state index in [1.165, 1.54) is 10.5 Å². The first-order valence-electron chi connectivity index (χ1n) is 7.94. The predicted molar refractivity (Wildman–Crippen MR) is 102 cm³/mol. The molecule has 3 aromatic rings. The number of rotatable bonds is 5. The molecule has 0 aliphatic carbocycles. The van der Waals surface area contributed by atoms with Crippen LogP contribution in [0.3, 0.4) is 0 Å². The molecule has 0 unspecified atom stereocenters. The summed E-state index contributed by atoms with van der Waals surface area (Å²) in [5, 5.41) is 2.89. The molecular formula is C20H19N3OS. The fraction of sp³-hybridized carbons (Fsp3) is 0.100. The highest BCUT2D eigenvalue weighted by molar-refractivity contribution is 7.99. The van der Waals surface area contributed by atoms with Crippen LogP contribution >= 0.6 is 11.8 Å². The first-order chi connectivity index (χ1) is 12.1. The van der Waals surface area contributed by atoms with Gasteiger partial charge in [0.05, 0.1) is 5.56 Å². The molecule has 0 fully saturated rings. The molecule has 126 valence electrons. The number of nitrogens with two attached hydrogens (primary N) is 1. The Morgan fingerprint density at radius 2 is 1.84 bits per heavy atom. The highest BCUT2D eigenvalue weighted by atomic mass is 32.2. The van der Waals surface area contributed by atoms with E-state index in [0.717, 1.165) is 10.5 Å². The van der Waals surface area contributed by atoms with E-state index in [2.05, 4.69) is 53.6 Å². The number of nitrogens with zero attached hydrogens (tertiary/aromatic N) is 1. The number of aryl methyl sites for hydroxylation is 1. The van der Waals surface area contributed by atoms with Crippen LogP contribution in [0.5, 0.6) is 0 Å². The van der Waals surface area contributed by atoms with E-state index in [0.29, 0.717) is 12.1 Å². The average Bonchev–Trinajstić information content (AvgIpc) is 2.60. The molecule has 1 heterocycles. The van der Waals surface area contributed by atoms with Crippen molar-refractivity contribution in [2.45, 2.75) is 23.3 Å². The summed E-state index contributed by atoms with van der Waals surface area (Å²) in [5.74, 6) is 0.0195. The zero-order valence-corrected chi connectivity index (χ0v) is 14.7. The fourth-order valence-electron chi connectivity index (χ4n) is 2.42. The Balaban J connectivity index is 1.66. The van der Waals surface area contributed by atoms with Crippen molar-refractivity contribution in [3.63, 3.8) is 0 Å². The summed E-state index contributed by atoms with van der Waals surface area (Å²) in [6.45, 7) is 2.52. The largest absolute Gasteiger partial charge is 0.383 e. The van der Waals surface area contributed by atoms with Crippen LogP contribution in [-0.4, -0.2) is 10.9 Å². The first-order valence-corrected chi connectivity index (χ1v) is 8.75. The van der Waals surface area contributed by atoms with E-state index in [1.807, 2.05) is 12.1 Å². The highest BCUT2D eigenvalue weighted by Crippen LogP contribution is 2.28. The Morgan fingerprint density at radius 1 is 1.08 bits per heavy atom. The third-order valence-electron chi connectivity index (χ3n) is 3.66. The van der Waals surface area contributed by atoms with E-state index in [9.17, 15) is 4.79 Å². The Morgan fingerprint density at radius 3 is 2.60 bits per heavy atom. The molecule has 3 rings (SSSR count). The molecule has 0 saturated carbocycles. The quantitative estimate of drug-likeness (QED) is 0.729. The number of carbonyl (C=O) groups excluding carboxylic acids is 1. The molecule has 5 heteroatoms. The van der Waals surface area contributed by atoms with Crippen LogP contribution in [0.2, 0.25) is 0 Å². The molecule has 3 N–H and O–H groups in total. The Kier molecular flexibility index (Phi) is 5.36. The zero-order chi connectivity index (χ0) is 17.6. The van der Waals surface area contributed by atoms with Gasteiger partial charge < -0.3 is 11.1 Å². The molecule has 0 atom stereocenters. The predicted octanol–water partition coefficient (Wildman–Crippen LogP) is 4.05. The van der Waals surface area contributed by atoms with Gasteiger partial charge in [-0.05, 0) is 48.9 Å². The van der Waals surface area contributed by atoms with Crippen LogP contribution in [0.1, 0.15) is 21.5 Å². The van der Waals surface area contributed by atoms with Crippen LogP contribution in [-0.2, 0) is 6.54 Å². The smallest absolute Gasteiger partial charge is 0.255 e.